The molecule has 0 aliphatic carbocycles. The van der Waals surface area contributed by atoms with E-state index >= 15 is 0 Å². The molecule has 0 radical (unpaired) electrons. The van der Waals surface area contributed by atoms with Gasteiger partial charge in [-0.25, -0.2) is 4.79 Å². The van der Waals surface area contributed by atoms with Gasteiger partial charge in [0.1, 0.15) is 17.2 Å². The van der Waals surface area contributed by atoms with Crippen LogP contribution in [-0.4, -0.2) is 70.7 Å². The van der Waals surface area contributed by atoms with Gasteiger partial charge in [0.25, 0.3) is 0 Å². The first-order valence-corrected chi connectivity index (χ1v) is 12.2. The van der Waals surface area contributed by atoms with Gasteiger partial charge in [-0.1, -0.05) is 0 Å². The summed E-state index contributed by atoms with van der Waals surface area (Å²) < 4.78 is 10.3. The number of hydrogen-bond acceptors (Lipinski definition) is 9. The van der Waals surface area contributed by atoms with Crippen molar-refractivity contribution < 1.29 is 38.6 Å². The molecular weight excluding hydrogens is 472 g/mol. The van der Waals surface area contributed by atoms with E-state index in [1.165, 1.54) is 0 Å². The molecule has 0 bridgehead atoms. The van der Waals surface area contributed by atoms with E-state index in [1.54, 1.807) is 41.5 Å². The highest BCUT2D eigenvalue weighted by molar-refractivity contribution is 5.87. The molecule has 0 spiro atoms. The van der Waals surface area contributed by atoms with E-state index in [4.69, 9.17) is 20.9 Å². The summed E-state index contributed by atoms with van der Waals surface area (Å²) >= 11 is 0. The second-order valence-electron chi connectivity index (χ2n) is 10.6. The van der Waals surface area contributed by atoms with E-state index in [-0.39, 0.29) is 38.6 Å². The molecule has 7 N–H and O–H groups in total. The molecule has 208 valence electrons. The molecule has 0 aliphatic rings. The Morgan fingerprint density at radius 2 is 1.19 bits per heavy atom. The lowest BCUT2D eigenvalue weighted by atomic mass is 10.1. The summed E-state index contributed by atoms with van der Waals surface area (Å²) in [5.41, 5.74) is 10.3. The number of carbonyl (C=O) groups excluding carboxylic acids is 4. The normalized spacial score (nSPS) is 14.2. The molecule has 3 atom stereocenters. The number of ether oxygens (including phenoxy) is 2. The fraction of sp³-hybridized carbons (Fsp3) is 0.792. The third-order valence-corrected chi connectivity index (χ3v) is 4.67. The number of carbonyl (C=O) groups is 5. The van der Waals surface area contributed by atoms with E-state index < -0.39 is 59.0 Å². The van der Waals surface area contributed by atoms with Crippen LogP contribution in [0.3, 0.4) is 0 Å². The van der Waals surface area contributed by atoms with Crippen LogP contribution in [0.1, 0.15) is 86.5 Å². The summed E-state index contributed by atoms with van der Waals surface area (Å²) in [5.74, 6) is -3.23. The third-order valence-electron chi connectivity index (χ3n) is 4.67. The van der Waals surface area contributed by atoms with Crippen LogP contribution in [-0.2, 0) is 33.4 Å². The molecule has 0 saturated carbocycles. The lowest BCUT2D eigenvalue weighted by Crippen LogP contribution is -2.48. The zero-order chi connectivity index (χ0) is 28.1. The molecule has 2 amide bonds. The molecule has 0 aromatic heterocycles. The smallest absolute Gasteiger partial charge is 0.326 e. The van der Waals surface area contributed by atoms with Gasteiger partial charge in [0.2, 0.25) is 11.8 Å². The van der Waals surface area contributed by atoms with Gasteiger partial charge in [-0.15, -0.1) is 0 Å². The van der Waals surface area contributed by atoms with Gasteiger partial charge >= 0.3 is 17.9 Å². The first-order valence-electron chi connectivity index (χ1n) is 12.2. The summed E-state index contributed by atoms with van der Waals surface area (Å²) in [6.07, 6.45) is 1.09. The maximum atomic E-state index is 12.2. The summed E-state index contributed by atoms with van der Waals surface area (Å²) in [6.45, 7) is 10.7. The predicted octanol–water partition coefficient (Wildman–Crippen LogP) is 0.741. The number of carboxylic acids is 1. The number of unbranched alkanes of at least 4 members (excludes halogenated alkanes) is 1. The van der Waals surface area contributed by atoms with Gasteiger partial charge in [-0.2, -0.15) is 0 Å². The van der Waals surface area contributed by atoms with Crippen LogP contribution in [0.15, 0.2) is 0 Å². The van der Waals surface area contributed by atoms with E-state index in [0.29, 0.717) is 12.8 Å². The molecule has 12 nitrogen and oxygen atoms in total. The van der Waals surface area contributed by atoms with Gasteiger partial charge in [0.05, 0.1) is 12.1 Å². The summed E-state index contributed by atoms with van der Waals surface area (Å²) in [5, 5.41) is 14.4. The molecule has 0 aliphatic heterocycles. The maximum Gasteiger partial charge on any atom is 0.326 e. The zero-order valence-corrected chi connectivity index (χ0v) is 22.3. The van der Waals surface area contributed by atoms with Crippen LogP contribution in [0, 0.1) is 0 Å². The van der Waals surface area contributed by atoms with Gasteiger partial charge in [0.15, 0.2) is 0 Å². The molecule has 0 heterocycles. The highest BCUT2D eigenvalue weighted by Crippen LogP contribution is 2.11. The quantitative estimate of drug-likeness (QED) is 0.153. The van der Waals surface area contributed by atoms with Crippen molar-refractivity contribution in [3.63, 3.8) is 0 Å². The van der Waals surface area contributed by atoms with Crippen LogP contribution in [0.5, 0.6) is 0 Å². The van der Waals surface area contributed by atoms with Gasteiger partial charge in [-0.05, 0) is 73.6 Å². The Morgan fingerprint density at radius 3 is 1.61 bits per heavy atom. The first-order chi connectivity index (χ1) is 16.4. The highest BCUT2D eigenvalue weighted by Gasteiger charge is 2.25. The van der Waals surface area contributed by atoms with Gasteiger partial charge in [0, 0.05) is 19.4 Å². The Morgan fingerprint density at radius 1 is 0.750 bits per heavy atom. The maximum absolute atomic E-state index is 12.2. The largest absolute Gasteiger partial charge is 0.480 e. The summed E-state index contributed by atoms with van der Waals surface area (Å²) in [6, 6.07) is -3.08. The SMILES string of the molecule is CC(C)(C)OC(=O)CC[C@H](N)C(=O)NCCCC[C@H](NC(=O)[C@@H](N)CCC(=O)OC(C)(C)C)C(=O)O. The number of amides is 2. The number of esters is 2. The van der Waals surface area contributed by atoms with Gasteiger partial charge < -0.3 is 36.7 Å². The van der Waals surface area contributed by atoms with Crippen molar-refractivity contribution in [3.05, 3.63) is 0 Å². The molecular formula is C24H44N4O8. The molecule has 0 fully saturated rings. The lowest BCUT2D eigenvalue weighted by Gasteiger charge is -2.21. The van der Waals surface area contributed by atoms with Crippen LogP contribution < -0.4 is 22.1 Å². The van der Waals surface area contributed by atoms with E-state index in [2.05, 4.69) is 10.6 Å². The summed E-state index contributed by atoms with van der Waals surface area (Å²) in [7, 11) is 0. The number of nitrogens with one attached hydrogen (secondary N) is 2. The van der Waals surface area contributed by atoms with E-state index in [9.17, 15) is 29.1 Å². The molecule has 0 aromatic carbocycles. The first kappa shape index (κ1) is 33.3. The minimum atomic E-state index is -1.21. The van der Waals surface area contributed by atoms with Crippen LogP contribution in [0.4, 0.5) is 0 Å². The van der Waals surface area contributed by atoms with Crippen molar-refractivity contribution in [2.45, 2.75) is 116 Å². The number of nitrogens with two attached hydrogens (primary N) is 2. The number of aliphatic carboxylic acids is 1. The topological polar surface area (TPSA) is 200 Å². The Balaban J connectivity index is 4.31. The number of hydrogen-bond donors (Lipinski definition) is 5. The Kier molecular flexibility index (Phi) is 14.2. The number of rotatable bonds is 15. The van der Waals surface area contributed by atoms with Crippen molar-refractivity contribution in [2.75, 3.05) is 6.54 Å². The minimum absolute atomic E-state index is 0.0196. The van der Waals surface area contributed by atoms with Crippen molar-refractivity contribution in [1.82, 2.24) is 10.6 Å². The van der Waals surface area contributed by atoms with Crippen LogP contribution in [0.25, 0.3) is 0 Å². The fourth-order valence-corrected chi connectivity index (χ4v) is 2.95. The highest BCUT2D eigenvalue weighted by atomic mass is 16.6. The lowest BCUT2D eigenvalue weighted by molar-refractivity contribution is -0.156. The molecule has 0 rings (SSSR count). The Labute approximate surface area is 213 Å². The Bertz CT molecular complexity index is 758. The fourth-order valence-electron chi connectivity index (χ4n) is 2.95. The molecule has 0 unspecified atom stereocenters. The van der Waals surface area contributed by atoms with Gasteiger partial charge in [-0.3, -0.25) is 19.2 Å². The molecule has 0 saturated heterocycles. The average molecular weight is 517 g/mol. The van der Waals surface area contributed by atoms with Crippen molar-refractivity contribution >= 4 is 29.7 Å². The second-order valence-corrected chi connectivity index (χ2v) is 10.6. The predicted molar refractivity (Wildman–Crippen MR) is 133 cm³/mol. The monoisotopic (exact) mass is 516 g/mol. The zero-order valence-electron chi connectivity index (χ0n) is 22.3. The minimum Gasteiger partial charge on any atom is -0.480 e. The summed E-state index contributed by atoms with van der Waals surface area (Å²) in [4.78, 5) is 59.3. The van der Waals surface area contributed by atoms with Crippen molar-refractivity contribution in [2.24, 2.45) is 11.5 Å². The molecule has 36 heavy (non-hydrogen) atoms. The van der Waals surface area contributed by atoms with Crippen LogP contribution in [0.2, 0.25) is 0 Å². The average Bonchev–Trinajstić information content (AvgIpc) is 2.71. The molecule has 12 heteroatoms. The van der Waals surface area contributed by atoms with E-state index in [0.717, 1.165) is 0 Å². The molecule has 0 aromatic rings. The van der Waals surface area contributed by atoms with E-state index in [1.807, 2.05) is 0 Å². The third kappa shape index (κ3) is 16.8. The van der Waals surface area contributed by atoms with Crippen molar-refractivity contribution in [1.29, 1.82) is 0 Å². The van der Waals surface area contributed by atoms with Crippen molar-refractivity contribution in [3.8, 4) is 0 Å². The number of carboxylic acid groups (broad SMARTS) is 1. The Hall–Kier alpha value is -2.73. The standard InChI is InChI=1S/C24H44N4O8/c1-23(2,3)35-18(29)12-10-15(25)20(31)27-14-8-7-9-17(22(33)34)28-21(32)16(26)11-13-19(30)36-24(4,5)6/h15-17H,7-14,25-26H2,1-6H3,(H,27,31)(H,28,32)(H,33,34)/t15-,16-,17-/m0/s1. The van der Waals surface area contributed by atoms with Crippen LogP contribution >= 0.6 is 0 Å². The second kappa shape index (κ2) is 15.4.